The van der Waals surface area contributed by atoms with Crippen molar-refractivity contribution in [2.75, 3.05) is 53.5 Å². The van der Waals surface area contributed by atoms with Crippen LogP contribution in [0.3, 0.4) is 0 Å². The van der Waals surface area contributed by atoms with Gasteiger partial charge in [0.1, 0.15) is 6.54 Å². The molecular formula is C35H41N3O4S. The van der Waals surface area contributed by atoms with Crippen LogP contribution >= 0.6 is 11.3 Å². The van der Waals surface area contributed by atoms with Gasteiger partial charge in [0.25, 0.3) is 5.91 Å². The fourth-order valence-electron chi connectivity index (χ4n) is 5.70. The first-order valence-electron chi connectivity index (χ1n) is 15.0. The van der Waals surface area contributed by atoms with Crippen molar-refractivity contribution < 1.29 is 19.1 Å². The van der Waals surface area contributed by atoms with E-state index in [0.717, 1.165) is 40.8 Å². The van der Waals surface area contributed by atoms with Crippen LogP contribution in [-0.2, 0) is 17.8 Å². The molecular weight excluding hydrogens is 558 g/mol. The lowest BCUT2D eigenvalue weighted by Gasteiger charge is -2.29. The number of fused-ring (bicyclic) bond motifs is 1. The van der Waals surface area contributed by atoms with Gasteiger partial charge in [-0.3, -0.25) is 9.59 Å². The van der Waals surface area contributed by atoms with Crippen LogP contribution in [0.2, 0.25) is 0 Å². The number of rotatable bonds is 13. The molecule has 7 nitrogen and oxygen atoms in total. The van der Waals surface area contributed by atoms with Gasteiger partial charge in [-0.1, -0.05) is 42.5 Å². The summed E-state index contributed by atoms with van der Waals surface area (Å²) in [6.07, 6.45) is 3.02. The second-order valence-corrected chi connectivity index (χ2v) is 12.1. The Bertz CT molecular complexity index is 1540. The lowest BCUT2D eigenvalue weighted by atomic mass is 10.0. The lowest BCUT2D eigenvalue weighted by Crippen LogP contribution is -2.45. The van der Waals surface area contributed by atoms with Crippen molar-refractivity contribution in [2.24, 2.45) is 0 Å². The van der Waals surface area contributed by atoms with E-state index in [4.69, 9.17) is 9.47 Å². The minimum Gasteiger partial charge on any atom is -0.493 e. The molecule has 8 heteroatoms. The Morgan fingerprint density at radius 1 is 0.884 bits per heavy atom. The van der Waals surface area contributed by atoms with E-state index in [1.807, 2.05) is 65.6 Å². The Balaban J connectivity index is 1.38. The summed E-state index contributed by atoms with van der Waals surface area (Å²) in [6, 6.07) is 21.7. The number of benzene rings is 3. The molecule has 0 unspecified atom stereocenters. The van der Waals surface area contributed by atoms with Gasteiger partial charge in [-0.2, -0.15) is 0 Å². The predicted molar refractivity (Wildman–Crippen MR) is 173 cm³/mol. The summed E-state index contributed by atoms with van der Waals surface area (Å²) in [5, 5.41) is 3.99. The van der Waals surface area contributed by atoms with Gasteiger partial charge in [-0.05, 0) is 90.8 Å². The first-order chi connectivity index (χ1) is 21.0. The second-order valence-electron chi connectivity index (χ2n) is 11.1. The maximum atomic E-state index is 14.1. The molecule has 1 fully saturated rings. The Labute approximate surface area is 258 Å². The third-order valence-electron chi connectivity index (χ3n) is 8.29. The second kappa shape index (κ2) is 14.5. The highest BCUT2D eigenvalue weighted by Crippen LogP contribution is 2.28. The lowest BCUT2D eigenvalue weighted by molar-refractivity contribution is -0.132. The zero-order chi connectivity index (χ0) is 30.2. The van der Waals surface area contributed by atoms with Gasteiger partial charge in [-0.15, -0.1) is 11.3 Å². The van der Waals surface area contributed by atoms with Crippen molar-refractivity contribution in [1.82, 2.24) is 14.7 Å². The molecule has 0 saturated carbocycles. The molecule has 0 N–H and O–H groups in total. The van der Waals surface area contributed by atoms with Crippen LogP contribution in [0.15, 0.2) is 72.1 Å². The van der Waals surface area contributed by atoms with Crippen molar-refractivity contribution >= 4 is 33.9 Å². The summed E-state index contributed by atoms with van der Waals surface area (Å²) < 4.78 is 10.9. The fraction of sp³-hybridized carbons (Fsp3) is 0.371. The molecule has 1 aliphatic rings. The average Bonchev–Trinajstić information content (AvgIpc) is 3.71. The van der Waals surface area contributed by atoms with E-state index in [2.05, 4.69) is 23.3 Å². The largest absolute Gasteiger partial charge is 0.493 e. The molecule has 226 valence electrons. The van der Waals surface area contributed by atoms with Gasteiger partial charge >= 0.3 is 0 Å². The molecule has 0 spiro atoms. The summed E-state index contributed by atoms with van der Waals surface area (Å²) >= 11 is 1.66. The van der Waals surface area contributed by atoms with E-state index in [1.54, 1.807) is 30.5 Å². The molecule has 0 atom stereocenters. The molecule has 2 heterocycles. The highest BCUT2D eigenvalue weighted by molar-refractivity contribution is 7.10. The van der Waals surface area contributed by atoms with E-state index in [9.17, 15) is 9.59 Å². The van der Waals surface area contributed by atoms with E-state index >= 15 is 0 Å². The topological polar surface area (TPSA) is 62.3 Å². The number of aryl methyl sites for hydroxylation is 1. The molecule has 0 bridgehead atoms. The van der Waals surface area contributed by atoms with Crippen molar-refractivity contribution in [3.63, 3.8) is 0 Å². The summed E-state index contributed by atoms with van der Waals surface area (Å²) in [7, 11) is 3.25. The van der Waals surface area contributed by atoms with Gasteiger partial charge in [0.05, 0.1) is 20.8 Å². The number of amides is 2. The maximum Gasteiger partial charge on any atom is 0.254 e. The molecule has 4 aromatic rings. The Hall–Kier alpha value is -3.88. The standard InChI is InChI=1S/C35H41N3O4S/c1-26-16-22-43-33(26)24-37(19-15-27-13-14-31(41-2)32(23-27)42-3)34(39)25-38(21-20-36-17-6-7-18-36)35(40)30-12-8-10-28-9-4-5-11-29(28)30/h4-5,8-14,16,22-23H,6-7,15,17-21,24-25H2,1-3H3. The van der Waals surface area contributed by atoms with E-state index in [0.29, 0.717) is 43.1 Å². The van der Waals surface area contributed by atoms with Crippen molar-refractivity contribution in [2.45, 2.75) is 32.7 Å². The van der Waals surface area contributed by atoms with Crippen LogP contribution in [0.1, 0.15) is 39.2 Å². The van der Waals surface area contributed by atoms with Crippen molar-refractivity contribution in [3.05, 3.63) is 93.7 Å². The minimum atomic E-state index is -0.100. The van der Waals surface area contributed by atoms with Crippen molar-refractivity contribution in [3.8, 4) is 11.5 Å². The molecule has 0 aliphatic carbocycles. The van der Waals surface area contributed by atoms with Crippen LogP contribution in [-0.4, -0.2) is 80.0 Å². The number of hydrogen-bond donors (Lipinski definition) is 0. The van der Waals surface area contributed by atoms with Crippen LogP contribution in [0, 0.1) is 6.92 Å². The Kier molecular flexibility index (Phi) is 10.3. The average molecular weight is 600 g/mol. The van der Waals surface area contributed by atoms with Crippen LogP contribution in [0.25, 0.3) is 10.8 Å². The molecule has 2 amide bonds. The third kappa shape index (κ3) is 7.56. The van der Waals surface area contributed by atoms with Crippen LogP contribution in [0.5, 0.6) is 11.5 Å². The fourth-order valence-corrected chi connectivity index (χ4v) is 6.62. The molecule has 5 rings (SSSR count). The first-order valence-corrected chi connectivity index (χ1v) is 15.9. The predicted octanol–water partition coefficient (Wildman–Crippen LogP) is 6.04. The smallest absolute Gasteiger partial charge is 0.254 e. The zero-order valence-corrected chi connectivity index (χ0v) is 26.2. The van der Waals surface area contributed by atoms with Crippen LogP contribution < -0.4 is 9.47 Å². The highest BCUT2D eigenvalue weighted by atomic mass is 32.1. The zero-order valence-electron chi connectivity index (χ0n) is 25.4. The quantitative estimate of drug-likeness (QED) is 0.188. The number of thiophene rings is 1. The third-order valence-corrected chi connectivity index (χ3v) is 9.30. The minimum absolute atomic E-state index is 0.0340. The number of likely N-dealkylation sites (tertiary alicyclic amines) is 1. The summed E-state index contributed by atoms with van der Waals surface area (Å²) in [5.74, 6) is 1.19. The first kappa shape index (κ1) is 30.6. The summed E-state index contributed by atoms with van der Waals surface area (Å²) in [6.45, 7) is 6.50. The maximum absolute atomic E-state index is 14.1. The van der Waals surface area contributed by atoms with Gasteiger partial charge in [-0.25, -0.2) is 0 Å². The highest BCUT2D eigenvalue weighted by Gasteiger charge is 2.25. The van der Waals surface area contributed by atoms with Gasteiger partial charge in [0.15, 0.2) is 11.5 Å². The van der Waals surface area contributed by atoms with E-state index < -0.39 is 0 Å². The summed E-state index contributed by atoms with van der Waals surface area (Å²) in [4.78, 5) is 35.4. The number of methoxy groups -OCH3 is 2. The number of carbonyl (C=O) groups is 2. The van der Waals surface area contributed by atoms with Crippen LogP contribution in [0.4, 0.5) is 0 Å². The number of carbonyl (C=O) groups excluding carboxylic acids is 2. The summed E-state index contributed by atoms with van der Waals surface area (Å²) in [5.41, 5.74) is 2.86. The van der Waals surface area contributed by atoms with E-state index in [-0.39, 0.29) is 18.4 Å². The Morgan fingerprint density at radius 2 is 1.65 bits per heavy atom. The number of nitrogens with zero attached hydrogens (tertiary/aromatic N) is 3. The number of ether oxygens (including phenoxy) is 2. The Morgan fingerprint density at radius 3 is 2.40 bits per heavy atom. The molecule has 3 aromatic carbocycles. The monoisotopic (exact) mass is 599 g/mol. The molecule has 1 aromatic heterocycles. The number of hydrogen-bond acceptors (Lipinski definition) is 6. The SMILES string of the molecule is COc1ccc(CCN(Cc2sccc2C)C(=O)CN(CCN2CCCC2)C(=O)c2cccc3ccccc23)cc1OC. The van der Waals surface area contributed by atoms with Gasteiger partial charge in [0, 0.05) is 30.1 Å². The van der Waals surface area contributed by atoms with Gasteiger partial charge < -0.3 is 24.2 Å². The molecule has 43 heavy (non-hydrogen) atoms. The van der Waals surface area contributed by atoms with E-state index in [1.165, 1.54) is 18.4 Å². The molecule has 1 saturated heterocycles. The molecule has 1 aliphatic heterocycles. The van der Waals surface area contributed by atoms with Crippen molar-refractivity contribution in [1.29, 1.82) is 0 Å². The van der Waals surface area contributed by atoms with Gasteiger partial charge in [0.2, 0.25) is 5.91 Å². The molecule has 0 radical (unpaired) electrons. The normalized spacial score (nSPS) is 13.3.